The van der Waals surface area contributed by atoms with Crippen LogP contribution in [0.1, 0.15) is 34.2 Å². The molecular weight excluding hydrogens is 422 g/mol. The zero-order chi connectivity index (χ0) is 24.0. The number of ketones is 1. The minimum atomic E-state index is -1.12. The largest absolute Gasteiger partial charge is 0.363 e. The van der Waals surface area contributed by atoms with E-state index in [9.17, 15) is 19.2 Å². The fourth-order valence-corrected chi connectivity index (χ4v) is 3.35. The second kappa shape index (κ2) is 10.4. The fourth-order valence-electron chi connectivity index (χ4n) is 3.35. The smallest absolute Gasteiger partial charge is 0.287 e. The number of hydrogen-bond donors (Lipinski definition) is 3. The molecule has 0 saturated heterocycles. The van der Waals surface area contributed by atoms with Gasteiger partial charge in [0.05, 0.1) is 11.4 Å². The van der Waals surface area contributed by atoms with Crippen LogP contribution in [0.15, 0.2) is 60.7 Å². The van der Waals surface area contributed by atoms with Crippen LogP contribution in [-0.4, -0.2) is 39.3 Å². The lowest BCUT2D eigenvalue weighted by Gasteiger charge is -2.17. The Morgan fingerprint density at radius 3 is 2.36 bits per heavy atom. The van der Waals surface area contributed by atoms with Crippen molar-refractivity contribution in [3.63, 3.8) is 0 Å². The van der Waals surface area contributed by atoms with Crippen molar-refractivity contribution in [3.05, 3.63) is 83.2 Å². The first-order chi connectivity index (χ1) is 15.7. The van der Waals surface area contributed by atoms with Crippen molar-refractivity contribution < 1.29 is 19.2 Å². The summed E-state index contributed by atoms with van der Waals surface area (Å²) in [5, 5.41) is 9.76. The molecular formula is C24H25N5O4. The van der Waals surface area contributed by atoms with Gasteiger partial charge in [-0.1, -0.05) is 42.5 Å². The second-order valence-corrected chi connectivity index (χ2v) is 7.61. The first kappa shape index (κ1) is 23.4. The van der Waals surface area contributed by atoms with E-state index in [2.05, 4.69) is 15.7 Å². The maximum absolute atomic E-state index is 13.1. The summed E-state index contributed by atoms with van der Waals surface area (Å²) < 4.78 is 1.45. The molecule has 0 bridgehead atoms. The number of carbonyl (C=O) groups excluding carboxylic acids is 4. The van der Waals surface area contributed by atoms with E-state index in [0.29, 0.717) is 17.9 Å². The van der Waals surface area contributed by atoms with Gasteiger partial charge in [-0.05, 0) is 36.2 Å². The van der Waals surface area contributed by atoms with Gasteiger partial charge in [0.1, 0.15) is 11.7 Å². The van der Waals surface area contributed by atoms with E-state index in [1.54, 1.807) is 55.5 Å². The highest BCUT2D eigenvalue weighted by Gasteiger charge is 2.27. The summed E-state index contributed by atoms with van der Waals surface area (Å²) in [7, 11) is 0. The number of nitrogens with zero attached hydrogens (tertiary/aromatic N) is 2. The topological polar surface area (TPSA) is 136 Å². The number of primary amides is 1. The summed E-state index contributed by atoms with van der Waals surface area (Å²) in [5.41, 5.74) is 8.20. The zero-order valence-corrected chi connectivity index (χ0v) is 18.4. The third-order valence-electron chi connectivity index (χ3n) is 4.91. The Kier molecular flexibility index (Phi) is 7.34. The van der Waals surface area contributed by atoms with Gasteiger partial charge in [-0.3, -0.25) is 19.2 Å². The molecule has 170 valence electrons. The van der Waals surface area contributed by atoms with Crippen LogP contribution in [0.2, 0.25) is 0 Å². The van der Waals surface area contributed by atoms with E-state index < -0.39 is 23.6 Å². The monoisotopic (exact) mass is 447 g/mol. The van der Waals surface area contributed by atoms with Crippen LogP contribution in [-0.2, 0) is 27.3 Å². The lowest BCUT2D eigenvalue weighted by atomic mass is 10.0. The number of aromatic nitrogens is 2. The van der Waals surface area contributed by atoms with E-state index in [0.717, 1.165) is 11.1 Å². The Bertz CT molecular complexity index is 1190. The average Bonchev–Trinajstić information content (AvgIpc) is 3.19. The summed E-state index contributed by atoms with van der Waals surface area (Å²) in [4.78, 5) is 48.3. The Labute approximate surface area is 191 Å². The lowest BCUT2D eigenvalue weighted by Crippen LogP contribution is -2.47. The number of nitrogens with two attached hydrogens (primary N) is 1. The number of hydrogen-bond acceptors (Lipinski definition) is 5. The first-order valence-electron chi connectivity index (χ1n) is 10.3. The standard InChI is InChI=1S/C24H25N5O4/c1-15-11-21(29(28-15)19-10-6-9-18(12-19)14-26-16(2)30)24(33)27-20(22(31)23(25)32)13-17-7-4-3-5-8-17/h3-12,20H,13-14H2,1-2H3,(H2,25,32)(H,26,30)(H,27,33). The van der Waals surface area contributed by atoms with Gasteiger partial charge in [0, 0.05) is 19.9 Å². The molecule has 0 saturated carbocycles. The number of amides is 3. The predicted molar refractivity (Wildman–Crippen MR) is 121 cm³/mol. The number of benzene rings is 2. The maximum atomic E-state index is 13.1. The molecule has 0 spiro atoms. The van der Waals surface area contributed by atoms with E-state index in [4.69, 9.17) is 5.73 Å². The second-order valence-electron chi connectivity index (χ2n) is 7.61. The molecule has 3 aromatic rings. The molecule has 1 heterocycles. The van der Waals surface area contributed by atoms with Crippen molar-refractivity contribution in [2.24, 2.45) is 5.73 Å². The van der Waals surface area contributed by atoms with Crippen molar-refractivity contribution in [2.75, 3.05) is 0 Å². The van der Waals surface area contributed by atoms with Gasteiger partial charge < -0.3 is 16.4 Å². The van der Waals surface area contributed by atoms with Gasteiger partial charge in [-0.15, -0.1) is 0 Å². The summed E-state index contributed by atoms with van der Waals surface area (Å²) in [5.74, 6) is -2.73. The fraction of sp³-hybridized carbons (Fsp3) is 0.208. The summed E-state index contributed by atoms with van der Waals surface area (Å²) in [6, 6.07) is 16.7. The van der Waals surface area contributed by atoms with E-state index in [1.807, 2.05) is 12.1 Å². The summed E-state index contributed by atoms with van der Waals surface area (Å²) in [6.45, 7) is 3.50. The molecule has 33 heavy (non-hydrogen) atoms. The minimum absolute atomic E-state index is 0.119. The van der Waals surface area contributed by atoms with Gasteiger partial charge >= 0.3 is 0 Å². The molecule has 0 aliphatic heterocycles. The molecule has 1 aromatic heterocycles. The molecule has 3 amide bonds. The number of carbonyl (C=O) groups is 4. The van der Waals surface area contributed by atoms with Gasteiger partial charge in [-0.2, -0.15) is 5.10 Å². The predicted octanol–water partition coefficient (Wildman–Crippen LogP) is 1.21. The molecule has 9 nitrogen and oxygen atoms in total. The van der Waals surface area contributed by atoms with Crippen molar-refractivity contribution in [1.82, 2.24) is 20.4 Å². The minimum Gasteiger partial charge on any atom is -0.363 e. The average molecular weight is 447 g/mol. The first-order valence-corrected chi connectivity index (χ1v) is 10.3. The lowest BCUT2D eigenvalue weighted by molar-refractivity contribution is -0.137. The van der Waals surface area contributed by atoms with Gasteiger partial charge in [0.25, 0.3) is 11.8 Å². The highest BCUT2D eigenvalue weighted by Crippen LogP contribution is 2.15. The highest BCUT2D eigenvalue weighted by atomic mass is 16.2. The highest BCUT2D eigenvalue weighted by molar-refractivity contribution is 6.38. The number of rotatable bonds is 9. The molecule has 0 aliphatic rings. The molecule has 9 heteroatoms. The SMILES string of the molecule is CC(=O)NCc1cccc(-n2nc(C)cc2C(=O)NC(Cc2ccccc2)C(=O)C(N)=O)c1. The van der Waals surface area contributed by atoms with Crippen LogP contribution < -0.4 is 16.4 Å². The van der Waals surface area contributed by atoms with Crippen molar-refractivity contribution in [3.8, 4) is 5.69 Å². The molecule has 0 aliphatic carbocycles. The number of nitrogens with one attached hydrogen (secondary N) is 2. The van der Waals surface area contributed by atoms with Crippen molar-refractivity contribution in [2.45, 2.75) is 32.9 Å². The van der Waals surface area contributed by atoms with Crippen molar-refractivity contribution in [1.29, 1.82) is 0 Å². The molecule has 1 atom stereocenters. The van der Waals surface area contributed by atoms with Crippen LogP contribution >= 0.6 is 0 Å². The molecule has 0 radical (unpaired) electrons. The normalized spacial score (nSPS) is 11.5. The van der Waals surface area contributed by atoms with Gasteiger partial charge in [-0.25, -0.2) is 4.68 Å². The van der Waals surface area contributed by atoms with Gasteiger partial charge in [0.15, 0.2) is 0 Å². The Morgan fingerprint density at radius 1 is 1.00 bits per heavy atom. The quantitative estimate of drug-likeness (QED) is 0.424. The Hall–Kier alpha value is -4.27. The summed E-state index contributed by atoms with van der Waals surface area (Å²) in [6.07, 6.45) is 0.119. The van der Waals surface area contributed by atoms with Crippen LogP contribution in [0, 0.1) is 6.92 Å². The van der Waals surface area contributed by atoms with E-state index >= 15 is 0 Å². The Morgan fingerprint density at radius 2 is 1.70 bits per heavy atom. The van der Waals surface area contributed by atoms with Gasteiger partial charge in [0.2, 0.25) is 11.7 Å². The molecule has 1 unspecified atom stereocenters. The third kappa shape index (κ3) is 6.13. The molecule has 0 fully saturated rings. The zero-order valence-electron chi connectivity index (χ0n) is 18.4. The third-order valence-corrected chi connectivity index (χ3v) is 4.91. The van der Waals surface area contributed by atoms with Crippen LogP contribution in [0.25, 0.3) is 5.69 Å². The maximum Gasteiger partial charge on any atom is 0.287 e. The van der Waals surface area contributed by atoms with Crippen LogP contribution in [0.3, 0.4) is 0 Å². The van der Waals surface area contributed by atoms with Crippen molar-refractivity contribution >= 4 is 23.5 Å². The Balaban J connectivity index is 1.88. The van der Waals surface area contributed by atoms with E-state index in [-0.39, 0.29) is 18.0 Å². The van der Waals surface area contributed by atoms with Crippen LogP contribution in [0.5, 0.6) is 0 Å². The molecule has 3 rings (SSSR count). The van der Waals surface area contributed by atoms with Crippen LogP contribution in [0.4, 0.5) is 0 Å². The van der Waals surface area contributed by atoms with E-state index in [1.165, 1.54) is 11.6 Å². The molecule has 2 aromatic carbocycles. The number of Topliss-reactive ketones (excluding diaryl/α,β-unsaturated/α-hetero) is 1. The number of aryl methyl sites for hydroxylation is 1. The molecule has 4 N–H and O–H groups in total. The summed E-state index contributed by atoms with van der Waals surface area (Å²) >= 11 is 0.